The summed E-state index contributed by atoms with van der Waals surface area (Å²) in [7, 11) is 0. The SMILES string of the molecule is CCCCN(CCCCC(C)(C)C(=O)O)C(C)CC. The van der Waals surface area contributed by atoms with E-state index in [0.29, 0.717) is 6.04 Å². The van der Waals surface area contributed by atoms with Crippen molar-refractivity contribution in [3.05, 3.63) is 0 Å². The monoisotopic (exact) mass is 271 g/mol. The van der Waals surface area contributed by atoms with Crippen molar-refractivity contribution in [1.29, 1.82) is 0 Å². The van der Waals surface area contributed by atoms with Crippen LogP contribution < -0.4 is 0 Å². The van der Waals surface area contributed by atoms with Gasteiger partial charge < -0.3 is 10.0 Å². The fourth-order valence-electron chi connectivity index (χ4n) is 2.16. The Morgan fingerprint density at radius 3 is 2.21 bits per heavy atom. The van der Waals surface area contributed by atoms with E-state index in [1.807, 2.05) is 13.8 Å². The van der Waals surface area contributed by atoms with E-state index >= 15 is 0 Å². The highest BCUT2D eigenvalue weighted by Gasteiger charge is 2.26. The van der Waals surface area contributed by atoms with Crippen molar-refractivity contribution in [3.63, 3.8) is 0 Å². The lowest BCUT2D eigenvalue weighted by Crippen LogP contribution is -2.34. The molecule has 1 atom stereocenters. The molecule has 0 rings (SSSR count). The minimum absolute atomic E-state index is 0.579. The van der Waals surface area contributed by atoms with Gasteiger partial charge in [-0.3, -0.25) is 4.79 Å². The van der Waals surface area contributed by atoms with Crippen molar-refractivity contribution in [2.24, 2.45) is 5.41 Å². The molecule has 19 heavy (non-hydrogen) atoms. The Labute approximate surface area is 119 Å². The lowest BCUT2D eigenvalue weighted by Gasteiger charge is -2.28. The maximum Gasteiger partial charge on any atom is 0.309 e. The van der Waals surface area contributed by atoms with E-state index in [2.05, 4.69) is 25.7 Å². The van der Waals surface area contributed by atoms with Gasteiger partial charge in [-0.25, -0.2) is 0 Å². The Bertz CT molecular complexity index is 251. The topological polar surface area (TPSA) is 40.5 Å². The van der Waals surface area contributed by atoms with Crippen LogP contribution in [-0.2, 0) is 4.79 Å². The van der Waals surface area contributed by atoms with Gasteiger partial charge in [0.2, 0.25) is 0 Å². The number of rotatable bonds is 11. The van der Waals surface area contributed by atoms with Gasteiger partial charge in [0.25, 0.3) is 0 Å². The summed E-state index contributed by atoms with van der Waals surface area (Å²) in [5, 5.41) is 9.08. The van der Waals surface area contributed by atoms with Crippen molar-refractivity contribution in [2.45, 2.75) is 79.2 Å². The zero-order valence-electron chi connectivity index (χ0n) is 13.5. The molecule has 0 fully saturated rings. The number of aliphatic carboxylic acids is 1. The molecule has 0 aliphatic heterocycles. The third-order valence-corrected chi connectivity index (χ3v) is 4.09. The van der Waals surface area contributed by atoms with Crippen LogP contribution in [0.25, 0.3) is 0 Å². The molecule has 114 valence electrons. The van der Waals surface area contributed by atoms with E-state index < -0.39 is 11.4 Å². The summed E-state index contributed by atoms with van der Waals surface area (Å²) in [6, 6.07) is 0.638. The first kappa shape index (κ1) is 18.4. The minimum Gasteiger partial charge on any atom is -0.481 e. The van der Waals surface area contributed by atoms with E-state index in [0.717, 1.165) is 25.8 Å². The van der Waals surface area contributed by atoms with Gasteiger partial charge in [0.15, 0.2) is 0 Å². The van der Waals surface area contributed by atoms with Gasteiger partial charge in [-0.1, -0.05) is 26.7 Å². The van der Waals surface area contributed by atoms with E-state index in [1.54, 1.807) is 0 Å². The lowest BCUT2D eigenvalue weighted by atomic mass is 9.87. The normalized spacial score (nSPS) is 13.8. The average Bonchev–Trinajstić information content (AvgIpc) is 2.36. The second-order valence-electron chi connectivity index (χ2n) is 6.29. The van der Waals surface area contributed by atoms with Crippen LogP contribution in [0.15, 0.2) is 0 Å². The smallest absolute Gasteiger partial charge is 0.309 e. The number of carbonyl (C=O) groups is 1. The molecule has 0 spiro atoms. The Balaban J connectivity index is 4.02. The Morgan fingerprint density at radius 2 is 1.74 bits per heavy atom. The number of unbranched alkanes of at least 4 members (excludes halogenated alkanes) is 2. The summed E-state index contributed by atoms with van der Waals surface area (Å²) in [5.74, 6) is -0.683. The van der Waals surface area contributed by atoms with Crippen molar-refractivity contribution >= 4 is 5.97 Å². The maximum atomic E-state index is 11.0. The van der Waals surface area contributed by atoms with Crippen molar-refractivity contribution in [2.75, 3.05) is 13.1 Å². The summed E-state index contributed by atoms with van der Waals surface area (Å²) in [6.45, 7) is 12.7. The van der Waals surface area contributed by atoms with E-state index in [4.69, 9.17) is 5.11 Å². The largest absolute Gasteiger partial charge is 0.481 e. The molecule has 0 aromatic carbocycles. The molecule has 0 bridgehead atoms. The third-order valence-electron chi connectivity index (χ3n) is 4.09. The molecule has 0 radical (unpaired) electrons. The Hall–Kier alpha value is -0.570. The molecule has 0 saturated heterocycles. The van der Waals surface area contributed by atoms with Crippen LogP contribution in [0.3, 0.4) is 0 Å². The van der Waals surface area contributed by atoms with Gasteiger partial charge >= 0.3 is 5.97 Å². The number of nitrogens with zero attached hydrogens (tertiary/aromatic N) is 1. The van der Waals surface area contributed by atoms with Crippen LogP contribution in [0.1, 0.15) is 73.1 Å². The quantitative estimate of drug-likeness (QED) is 0.573. The number of hydrogen-bond acceptors (Lipinski definition) is 2. The van der Waals surface area contributed by atoms with Gasteiger partial charge in [-0.2, -0.15) is 0 Å². The number of carboxylic acid groups (broad SMARTS) is 1. The molecular weight excluding hydrogens is 238 g/mol. The molecular formula is C16H33NO2. The first-order valence-corrected chi connectivity index (χ1v) is 7.82. The van der Waals surface area contributed by atoms with Gasteiger partial charge in [0.05, 0.1) is 5.41 Å². The highest BCUT2D eigenvalue weighted by Crippen LogP contribution is 2.23. The van der Waals surface area contributed by atoms with Crippen LogP contribution >= 0.6 is 0 Å². The molecule has 3 nitrogen and oxygen atoms in total. The first-order chi connectivity index (χ1) is 8.85. The van der Waals surface area contributed by atoms with E-state index in [9.17, 15) is 4.79 Å². The first-order valence-electron chi connectivity index (χ1n) is 7.82. The summed E-state index contributed by atoms with van der Waals surface area (Å²) in [5.41, 5.74) is -0.579. The van der Waals surface area contributed by atoms with Gasteiger partial charge in [-0.05, 0) is 59.5 Å². The van der Waals surface area contributed by atoms with E-state index in [-0.39, 0.29) is 0 Å². The van der Waals surface area contributed by atoms with Crippen LogP contribution in [0.4, 0.5) is 0 Å². The molecule has 0 aromatic heterocycles. The number of carboxylic acids is 1. The molecule has 1 unspecified atom stereocenters. The zero-order valence-corrected chi connectivity index (χ0v) is 13.5. The predicted molar refractivity (Wildman–Crippen MR) is 81.5 cm³/mol. The zero-order chi connectivity index (χ0) is 14.9. The van der Waals surface area contributed by atoms with Gasteiger partial charge in [0.1, 0.15) is 0 Å². The van der Waals surface area contributed by atoms with Crippen molar-refractivity contribution in [3.8, 4) is 0 Å². The molecule has 0 aromatic rings. The predicted octanol–water partition coefficient (Wildman–Crippen LogP) is 4.17. The Kier molecular flexibility index (Phi) is 9.07. The molecule has 0 aliphatic carbocycles. The third kappa shape index (κ3) is 7.56. The van der Waals surface area contributed by atoms with Crippen molar-refractivity contribution in [1.82, 2.24) is 4.90 Å². The second-order valence-corrected chi connectivity index (χ2v) is 6.29. The van der Waals surface area contributed by atoms with Crippen LogP contribution in [0.5, 0.6) is 0 Å². The fourth-order valence-corrected chi connectivity index (χ4v) is 2.16. The highest BCUT2D eigenvalue weighted by molar-refractivity contribution is 5.73. The standard InChI is InChI=1S/C16H33NO2/c1-6-8-12-17(14(3)7-2)13-10-9-11-16(4,5)15(18)19/h14H,6-13H2,1-5H3,(H,18,19). The molecule has 0 saturated carbocycles. The van der Waals surface area contributed by atoms with E-state index in [1.165, 1.54) is 25.8 Å². The van der Waals surface area contributed by atoms with Gasteiger partial charge in [-0.15, -0.1) is 0 Å². The molecule has 0 aliphatic rings. The average molecular weight is 271 g/mol. The van der Waals surface area contributed by atoms with Crippen LogP contribution in [0.2, 0.25) is 0 Å². The Morgan fingerprint density at radius 1 is 1.16 bits per heavy atom. The highest BCUT2D eigenvalue weighted by atomic mass is 16.4. The summed E-state index contributed by atoms with van der Waals surface area (Å²) in [6.07, 6.45) is 6.54. The van der Waals surface area contributed by atoms with Crippen LogP contribution in [-0.4, -0.2) is 35.1 Å². The summed E-state index contributed by atoms with van der Waals surface area (Å²) in [4.78, 5) is 13.6. The second kappa shape index (κ2) is 9.35. The maximum absolute atomic E-state index is 11.0. The minimum atomic E-state index is -0.683. The lowest BCUT2D eigenvalue weighted by molar-refractivity contribution is -0.147. The molecule has 0 amide bonds. The van der Waals surface area contributed by atoms with Crippen molar-refractivity contribution < 1.29 is 9.90 Å². The molecule has 3 heteroatoms. The summed E-state index contributed by atoms with van der Waals surface area (Å²) < 4.78 is 0. The van der Waals surface area contributed by atoms with Gasteiger partial charge in [0, 0.05) is 6.04 Å². The fraction of sp³-hybridized carbons (Fsp3) is 0.938. The molecule has 1 N–H and O–H groups in total. The summed E-state index contributed by atoms with van der Waals surface area (Å²) >= 11 is 0. The number of hydrogen-bond donors (Lipinski definition) is 1. The molecule has 0 heterocycles. The van der Waals surface area contributed by atoms with Crippen LogP contribution in [0, 0.1) is 5.41 Å².